The zero-order valence-corrected chi connectivity index (χ0v) is 11.4. The molecule has 0 aliphatic carbocycles. The molecule has 9 heteroatoms. The third-order valence-electron chi connectivity index (χ3n) is 2.73. The summed E-state index contributed by atoms with van der Waals surface area (Å²) in [6.07, 6.45) is 0.0799. The maximum atomic E-state index is 12.0. The fourth-order valence-corrected chi connectivity index (χ4v) is 3.37. The van der Waals surface area contributed by atoms with Gasteiger partial charge in [0.05, 0.1) is 26.1 Å². The van der Waals surface area contributed by atoms with Crippen molar-refractivity contribution in [3.8, 4) is 0 Å². The smallest absolute Gasteiger partial charge is 0.324 e. The number of carbonyl (C=O) groups is 2. The van der Waals surface area contributed by atoms with E-state index in [0.29, 0.717) is 0 Å². The molecule has 1 N–H and O–H groups in total. The number of hydrogen-bond acceptors (Lipinski definition) is 6. The fourth-order valence-electron chi connectivity index (χ4n) is 1.73. The summed E-state index contributed by atoms with van der Waals surface area (Å²) in [4.78, 5) is 21.9. The molecule has 0 bridgehead atoms. The second-order valence-corrected chi connectivity index (χ2v) is 6.08. The van der Waals surface area contributed by atoms with E-state index in [1.165, 1.54) is 7.11 Å². The van der Waals surface area contributed by atoms with Gasteiger partial charge in [-0.1, -0.05) is 0 Å². The molecule has 0 saturated carbocycles. The molecule has 1 unspecified atom stereocenters. The highest BCUT2D eigenvalue weighted by Crippen LogP contribution is 2.14. The van der Waals surface area contributed by atoms with Crippen LogP contribution in [0.25, 0.3) is 0 Å². The van der Waals surface area contributed by atoms with E-state index in [4.69, 9.17) is 9.84 Å². The molecule has 0 spiro atoms. The first-order valence-electron chi connectivity index (χ1n) is 5.75. The molecule has 1 aliphatic heterocycles. The number of ether oxygens (including phenoxy) is 2. The summed E-state index contributed by atoms with van der Waals surface area (Å²) < 4.78 is 34.4. The van der Waals surface area contributed by atoms with Gasteiger partial charge in [0.2, 0.25) is 10.0 Å². The Kier molecular flexibility index (Phi) is 5.70. The van der Waals surface area contributed by atoms with Gasteiger partial charge in [-0.3, -0.25) is 9.59 Å². The van der Waals surface area contributed by atoms with E-state index in [1.54, 1.807) is 0 Å². The second kappa shape index (κ2) is 6.83. The largest absolute Gasteiger partial charge is 0.480 e. The number of morpholine rings is 1. The summed E-state index contributed by atoms with van der Waals surface area (Å²) in [7, 11) is -2.50. The Morgan fingerprint density at radius 3 is 2.74 bits per heavy atom. The molecule has 1 fully saturated rings. The van der Waals surface area contributed by atoms with Crippen LogP contribution in [-0.4, -0.2) is 68.4 Å². The van der Waals surface area contributed by atoms with Crippen LogP contribution in [0.1, 0.15) is 12.8 Å². The molecule has 19 heavy (non-hydrogen) atoms. The van der Waals surface area contributed by atoms with Crippen molar-refractivity contribution in [3.05, 3.63) is 0 Å². The van der Waals surface area contributed by atoms with Gasteiger partial charge < -0.3 is 14.6 Å². The van der Waals surface area contributed by atoms with Crippen molar-refractivity contribution in [2.75, 3.05) is 32.6 Å². The van der Waals surface area contributed by atoms with E-state index in [-0.39, 0.29) is 38.4 Å². The normalized spacial score (nSPS) is 21.0. The first kappa shape index (κ1) is 15.9. The molecule has 1 aliphatic rings. The van der Waals surface area contributed by atoms with Gasteiger partial charge in [0.25, 0.3) is 0 Å². The number of nitrogens with zero attached hydrogens (tertiary/aromatic N) is 1. The average Bonchev–Trinajstić information content (AvgIpc) is 2.38. The van der Waals surface area contributed by atoms with Gasteiger partial charge in [-0.2, -0.15) is 4.31 Å². The summed E-state index contributed by atoms with van der Waals surface area (Å²) in [6, 6.07) is -1.20. The van der Waals surface area contributed by atoms with Gasteiger partial charge in [-0.05, 0) is 6.42 Å². The maximum absolute atomic E-state index is 12.0. The monoisotopic (exact) mass is 295 g/mol. The number of esters is 1. The molecule has 110 valence electrons. The summed E-state index contributed by atoms with van der Waals surface area (Å²) in [5.41, 5.74) is 0. The summed E-state index contributed by atoms with van der Waals surface area (Å²) in [5.74, 6) is -2.02. The minimum Gasteiger partial charge on any atom is -0.480 e. The van der Waals surface area contributed by atoms with Crippen molar-refractivity contribution < 1.29 is 32.6 Å². The van der Waals surface area contributed by atoms with E-state index in [2.05, 4.69) is 4.74 Å². The van der Waals surface area contributed by atoms with Gasteiger partial charge in [0, 0.05) is 13.0 Å². The van der Waals surface area contributed by atoms with E-state index >= 15 is 0 Å². The molecule has 1 rings (SSSR count). The van der Waals surface area contributed by atoms with Crippen LogP contribution < -0.4 is 0 Å². The number of methoxy groups -OCH3 is 1. The SMILES string of the molecule is COC(=O)CCCS(=O)(=O)N1CCOCC1C(=O)O. The first-order valence-corrected chi connectivity index (χ1v) is 7.36. The van der Waals surface area contributed by atoms with Gasteiger partial charge >= 0.3 is 11.9 Å². The Hall–Kier alpha value is -1.19. The molecule has 0 aromatic heterocycles. The molecule has 0 aromatic rings. The number of sulfonamides is 1. The van der Waals surface area contributed by atoms with Crippen LogP contribution in [0.5, 0.6) is 0 Å². The zero-order valence-electron chi connectivity index (χ0n) is 10.6. The summed E-state index contributed by atoms with van der Waals surface area (Å²) in [5, 5.41) is 8.96. The second-order valence-electron chi connectivity index (χ2n) is 4.04. The minimum absolute atomic E-state index is 0.0114. The average molecular weight is 295 g/mol. The van der Waals surface area contributed by atoms with Gasteiger partial charge in [0.1, 0.15) is 6.04 Å². The Balaban J connectivity index is 2.64. The van der Waals surface area contributed by atoms with Crippen LogP contribution in [0.2, 0.25) is 0 Å². The summed E-state index contributed by atoms with van der Waals surface area (Å²) >= 11 is 0. The van der Waals surface area contributed by atoms with Crippen LogP contribution in [-0.2, 0) is 29.1 Å². The van der Waals surface area contributed by atoms with Crippen LogP contribution in [0.3, 0.4) is 0 Å². The van der Waals surface area contributed by atoms with Crippen molar-refractivity contribution in [2.24, 2.45) is 0 Å². The van der Waals surface area contributed by atoms with Gasteiger partial charge in [-0.15, -0.1) is 0 Å². The van der Waals surface area contributed by atoms with Crippen LogP contribution in [0.4, 0.5) is 0 Å². The van der Waals surface area contributed by atoms with Gasteiger partial charge in [-0.25, -0.2) is 8.42 Å². The highest BCUT2D eigenvalue weighted by Gasteiger charge is 2.37. The third kappa shape index (κ3) is 4.44. The minimum atomic E-state index is -3.72. The first-order chi connectivity index (χ1) is 8.88. The Bertz CT molecular complexity index is 433. The lowest BCUT2D eigenvalue weighted by Gasteiger charge is -2.31. The van der Waals surface area contributed by atoms with Crippen molar-refractivity contribution in [1.29, 1.82) is 0 Å². The van der Waals surface area contributed by atoms with E-state index in [9.17, 15) is 18.0 Å². The number of rotatable bonds is 6. The highest BCUT2D eigenvalue weighted by atomic mass is 32.2. The lowest BCUT2D eigenvalue weighted by molar-refractivity contribution is -0.146. The molecule has 0 radical (unpaired) electrons. The van der Waals surface area contributed by atoms with Crippen LogP contribution in [0.15, 0.2) is 0 Å². The Labute approximate surface area is 111 Å². The predicted octanol–water partition coefficient (Wildman–Crippen LogP) is -0.945. The number of carboxylic acid groups (broad SMARTS) is 1. The number of aliphatic carboxylic acids is 1. The number of carboxylic acids is 1. The summed E-state index contributed by atoms with van der Waals surface area (Å²) in [6.45, 7) is 0.0170. The van der Waals surface area contributed by atoms with Crippen molar-refractivity contribution in [2.45, 2.75) is 18.9 Å². The predicted molar refractivity (Wildman–Crippen MR) is 64.0 cm³/mol. The zero-order chi connectivity index (χ0) is 14.5. The van der Waals surface area contributed by atoms with E-state index in [1.807, 2.05) is 0 Å². The van der Waals surface area contributed by atoms with Crippen LogP contribution in [0, 0.1) is 0 Å². The van der Waals surface area contributed by atoms with Crippen molar-refractivity contribution in [3.63, 3.8) is 0 Å². The molecule has 8 nitrogen and oxygen atoms in total. The van der Waals surface area contributed by atoms with Crippen molar-refractivity contribution in [1.82, 2.24) is 4.31 Å². The number of carbonyl (C=O) groups excluding carboxylic acids is 1. The molecule has 0 amide bonds. The Morgan fingerprint density at radius 2 is 2.16 bits per heavy atom. The lowest BCUT2D eigenvalue weighted by atomic mass is 10.3. The van der Waals surface area contributed by atoms with E-state index < -0.39 is 28.0 Å². The van der Waals surface area contributed by atoms with E-state index in [0.717, 1.165) is 4.31 Å². The highest BCUT2D eigenvalue weighted by molar-refractivity contribution is 7.89. The molecule has 1 heterocycles. The fraction of sp³-hybridized carbons (Fsp3) is 0.800. The lowest BCUT2D eigenvalue weighted by Crippen LogP contribution is -2.53. The maximum Gasteiger partial charge on any atom is 0.324 e. The van der Waals surface area contributed by atoms with Crippen LogP contribution >= 0.6 is 0 Å². The molecular formula is C10H17NO7S. The Morgan fingerprint density at radius 1 is 1.47 bits per heavy atom. The van der Waals surface area contributed by atoms with Crippen molar-refractivity contribution >= 4 is 22.0 Å². The quantitative estimate of drug-likeness (QED) is 0.629. The standard InChI is InChI=1S/C10H17NO7S/c1-17-9(12)3-2-6-19(15,16)11-4-5-18-7-8(11)10(13)14/h8H,2-7H2,1H3,(H,13,14). The molecular weight excluding hydrogens is 278 g/mol. The molecule has 1 saturated heterocycles. The topological polar surface area (TPSA) is 110 Å². The number of hydrogen-bond donors (Lipinski definition) is 1. The van der Waals surface area contributed by atoms with Gasteiger partial charge in [0.15, 0.2) is 0 Å². The molecule has 1 atom stereocenters. The third-order valence-corrected chi connectivity index (χ3v) is 4.69. The molecule has 0 aromatic carbocycles.